The lowest BCUT2D eigenvalue weighted by atomic mass is 9.92. The monoisotopic (exact) mass is 486 g/mol. The third-order valence-electron chi connectivity index (χ3n) is 6.45. The van der Waals surface area contributed by atoms with E-state index in [1.165, 1.54) is 0 Å². The molecule has 1 atom stereocenters. The van der Waals surface area contributed by atoms with Crippen molar-refractivity contribution in [3.8, 4) is 0 Å². The second-order valence-corrected chi connectivity index (χ2v) is 9.83. The summed E-state index contributed by atoms with van der Waals surface area (Å²) in [7, 11) is 3.87. The lowest BCUT2D eigenvalue weighted by Gasteiger charge is -2.34. The Morgan fingerprint density at radius 3 is 2.48 bits per heavy atom. The van der Waals surface area contributed by atoms with Gasteiger partial charge in [0.05, 0.1) is 5.41 Å². The average molecular weight is 487 g/mol. The first kappa shape index (κ1) is 23.6. The quantitative estimate of drug-likeness (QED) is 0.479. The van der Waals surface area contributed by atoms with Gasteiger partial charge in [-0.25, -0.2) is 0 Å². The molecule has 0 bridgehead atoms. The van der Waals surface area contributed by atoms with Crippen LogP contribution in [0.15, 0.2) is 48.7 Å². The topological polar surface area (TPSA) is 82.4 Å². The number of nitrogens with zero attached hydrogens (tertiary/aromatic N) is 2. The van der Waals surface area contributed by atoms with E-state index in [0.717, 1.165) is 22.0 Å². The Balaban J connectivity index is 1.70. The van der Waals surface area contributed by atoms with Crippen molar-refractivity contribution < 1.29 is 9.59 Å². The van der Waals surface area contributed by atoms with E-state index < -0.39 is 17.4 Å². The standard InChI is InChI=1S/C25H28Cl2N4O2/c1-30(2)11-12-31(24(33)25(9-10-25)19-8-7-17(26)14-20(19)27)22(23(28)32)13-16-15-29-21-6-4-3-5-18(16)21/h3-8,14-15,22,29H,9-13H2,1-2H3,(H2,28,32)/t22-/m0/s1. The van der Waals surface area contributed by atoms with Gasteiger partial charge in [0, 0.05) is 46.7 Å². The molecule has 1 heterocycles. The van der Waals surface area contributed by atoms with Crippen LogP contribution in [0.1, 0.15) is 24.0 Å². The van der Waals surface area contributed by atoms with Crippen LogP contribution < -0.4 is 5.73 Å². The number of amides is 2. The molecule has 8 heteroatoms. The fourth-order valence-electron chi connectivity index (χ4n) is 4.46. The highest BCUT2D eigenvalue weighted by Crippen LogP contribution is 2.52. The molecule has 4 rings (SSSR count). The lowest BCUT2D eigenvalue weighted by Crippen LogP contribution is -2.54. The van der Waals surface area contributed by atoms with Crippen molar-refractivity contribution in [2.75, 3.05) is 27.2 Å². The Bertz CT molecular complexity index is 1190. The molecule has 33 heavy (non-hydrogen) atoms. The highest BCUT2D eigenvalue weighted by molar-refractivity contribution is 6.35. The van der Waals surface area contributed by atoms with Gasteiger partial charge >= 0.3 is 0 Å². The van der Waals surface area contributed by atoms with Crippen molar-refractivity contribution in [1.29, 1.82) is 0 Å². The number of likely N-dealkylation sites (N-methyl/N-ethyl adjacent to an activating group) is 1. The molecule has 1 fully saturated rings. The highest BCUT2D eigenvalue weighted by atomic mass is 35.5. The maximum Gasteiger partial charge on any atom is 0.240 e. The number of primary amides is 1. The zero-order valence-corrected chi connectivity index (χ0v) is 20.3. The number of rotatable bonds is 9. The Morgan fingerprint density at radius 2 is 1.85 bits per heavy atom. The Kier molecular flexibility index (Phi) is 6.71. The van der Waals surface area contributed by atoms with Crippen LogP contribution in [0.25, 0.3) is 10.9 Å². The van der Waals surface area contributed by atoms with Crippen LogP contribution in [0.3, 0.4) is 0 Å². The van der Waals surface area contributed by atoms with Crippen LogP contribution in [-0.2, 0) is 21.4 Å². The summed E-state index contributed by atoms with van der Waals surface area (Å²) in [5.41, 5.74) is 7.83. The number of carbonyl (C=O) groups excluding carboxylic acids is 2. The second kappa shape index (κ2) is 9.37. The Hall–Kier alpha value is -2.54. The van der Waals surface area contributed by atoms with E-state index in [9.17, 15) is 9.59 Å². The van der Waals surface area contributed by atoms with Crippen LogP contribution in [0.5, 0.6) is 0 Å². The number of H-pyrrole nitrogens is 1. The summed E-state index contributed by atoms with van der Waals surface area (Å²) in [5.74, 6) is -0.636. The molecule has 3 N–H and O–H groups in total. The smallest absolute Gasteiger partial charge is 0.240 e. The summed E-state index contributed by atoms with van der Waals surface area (Å²) >= 11 is 12.6. The number of fused-ring (bicyclic) bond motifs is 1. The minimum absolute atomic E-state index is 0.114. The Morgan fingerprint density at radius 1 is 1.12 bits per heavy atom. The molecule has 6 nitrogen and oxygen atoms in total. The van der Waals surface area contributed by atoms with Gasteiger partial charge in [0.15, 0.2) is 0 Å². The van der Waals surface area contributed by atoms with E-state index in [-0.39, 0.29) is 5.91 Å². The SMILES string of the molecule is CN(C)CCN(C(=O)C1(c2ccc(Cl)cc2Cl)CC1)[C@@H](Cc1c[nH]c2ccccc12)C(N)=O. The minimum Gasteiger partial charge on any atom is -0.368 e. The third-order valence-corrected chi connectivity index (χ3v) is 7.00. The van der Waals surface area contributed by atoms with Crippen molar-refractivity contribution in [3.63, 3.8) is 0 Å². The number of aromatic amines is 1. The number of benzene rings is 2. The predicted molar refractivity (Wildman–Crippen MR) is 133 cm³/mol. The normalized spacial score (nSPS) is 15.5. The number of nitrogens with one attached hydrogen (secondary N) is 1. The van der Waals surface area contributed by atoms with Crippen LogP contribution in [-0.4, -0.2) is 59.8 Å². The predicted octanol–water partition coefficient (Wildman–Crippen LogP) is 3.99. The molecule has 1 aliphatic rings. The zero-order valence-electron chi connectivity index (χ0n) is 18.8. The average Bonchev–Trinajstić information content (AvgIpc) is 3.47. The summed E-state index contributed by atoms with van der Waals surface area (Å²) in [6, 6.07) is 12.3. The summed E-state index contributed by atoms with van der Waals surface area (Å²) in [5, 5.41) is 2.00. The summed E-state index contributed by atoms with van der Waals surface area (Å²) in [6.45, 7) is 0.989. The highest BCUT2D eigenvalue weighted by Gasteiger charge is 2.55. The van der Waals surface area contributed by atoms with Crippen molar-refractivity contribution in [2.24, 2.45) is 5.73 Å². The molecule has 0 spiro atoms. The van der Waals surface area contributed by atoms with Gasteiger partial charge in [0.1, 0.15) is 6.04 Å². The molecule has 1 aromatic heterocycles. The fourth-order valence-corrected chi connectivity index (χ4v) is 5.05. The van der Waals surface area contributed by atoms with E-state index in [4.69, 9.17) is 28.9 Å². The molecule has 0 aliphatic heterocycles. The van der Waals surface area contributed by atoms with E-state index in [1.54, 1.807) is 17.0 Å². The molecule has 3 aromatic rings. The number of nitrogens with two attached hydrogens (primary N) is 1. The Labute approximate surface area is 203 Å². The molecule has 1 saturated carbocycles. The molecule has 0 radical (unpaired) electrons. The zero-order chi connectivity index (χ0) is 23.8. The van der Waals surface area contributed by atoms with Crippen molar-refractivity contribution in [1.82, 2.24) is 14.8 Å². The maximum absolute atomic E-state index is 14.0. The van der Waals surface area contributed by atoms with E-state index in [0.29, 0.717) is 42.4 Å². The second-order valence-electron chi connectivity index (χ2n) is 8.99. The van der Waals surface area contributed by atoms with Crippen molar-refractivity contribution >= 4 is 45.9 Å². The van der Waals surface area contributed by atoms with Gasteiger partial charge < -0.3 is 20.5 Å². The van der Waals surface area contributed by atoms with Gasteiger partial charge in [0.25, 0.3) is 0 Å². The van der Waals surface area contributed by atoms with Gasteiger partial charge in [0.2, 0.25) is 11.8 Å². The first-order valence-corrected chi connectivity index (χ1v) is 11.7. The first-order valence-electron chi connectivity index (χ1n) is 11.0. The largest absolute Gasteiger partial charge is 0.368 e. The van der Waals surface area contributed by atoms with E-state index in [2.05, 4.69) is 4.98 Å². The number of aromatic nitrogens is 1. The maximum atomic E-state index is 14.0. The molecule has 174 valence electrons. The van der Waals surface area contributed by atoms with Crippen molar-refractivity contribution in [2.45, 2.75) is 30.7 Å². The molecule has 0 saturated heterocycles. The third kappa shape index (κ3) is 4.74. The number of hydrogen-bond acceptors (Lipinski definition) is 3. The number of halogens is 2. The summed E-state index contributed by atoms with van der Waals surface area (Å²) < 4.78 is 0. The molecule has 2 aromatic carbocycles. The van der Waals surface area contributed by atoms with Gasteiger partial charge in [-0.05, 0) is 56.3 Å². The van der Waals surface area contributed by atoms with Crippen LogP contribution in [0.2, 0.25) is 10.0 Å². The lowest BCUT2D eigenvalue weighted by molar-refractivity contribution is -0.141. The van der Waals surface area contributed by atoms with Gasteiger partial charge in [-0.3, -0.25) is 9.59 Å². The number of carbonyl (C=O) groups is 2. The summed E-state index contributed by atoms with van der Waals surface area (Å²) in [4.78, 5) is 33.6. The number of hydrogen-bond donors (Lipinski definition) is 2. The van der Waals surface area contributed by atoms with Gasteiger partial charge in [-0.2, -0.15) is 0 Å². The van der Waals surface area contributed by atoms with Gasteiger partial charge in [-0.1, -0.05) is 47.5 Å². The van der Waals surface area contributed by atoms with E-state index in [1.807, 2.05) is 55.5 Å². The number of para-hydroxylation sites is 1. The van der Waals surface area contributed by atoms with Crippen LogP contribution >= 0.6 is 23.2 Å². The van der Waals surface area contributed by atoms with Gasteiger partial charge in [-0.15, -0.1) is 0 Å². The molecular formula is C25H28Cl2N4O2. The van der Waals surface area contributed by atoms with Crippen LogP contribution in [0, 0.1) is 0 Å². The molecular weight excluding hydrogens is 459 g/mol. The first-order chi connectivity index (χ1) is 15.7. The molecule has 1 aliphatic carbocycles. The molecule has 2 amide bonds. The summed E-state index contributed by atoms with van der Waals surface area (Å²) in [6.07, 6.45) is 3.57. The van der Waals surface area contributed by atoms with E-state index >= 15 is 0 Å². The van der Waals surface area contributed by atoms with Crippen molar-refractivity contribution in [3.05, 3.63) is 69.8 Å². The molecule has 0 unspecified atom stereocenters. The minimum atomic E-state index is -0.778. The fraction of sp³-hybridized carbons (Fsp3) is 0.360. The van der Waals surface area contributed by atoms with Crippen LogP contribution in [0.4, 0.5) is 0 Å².